The van der Waals surface area contributed by atoms with E-state index in [4.69, 9.17) is 28.3 Å². The molecule has 0 unspecified atom stereocenters. The Morgan fingerprint density at radius 1 is 1.19 bits per heavy atom. The average Bonchev–Trinajstić information content (AvgIpc) is 2.77. The van der Waals surface area contributed by atoms with Crippen LogP contribution in [0.5, 0.6) is 0 Å². The van der Waals surface area contributed by atoms with Gasteiger partial charge in [-0.15, -0.1) is 0 Å². The Bertz CT molecular complexity index is 663. The lowest BCUT2D eigenvalue weighted by atomic mass is 10.0. The number of nitrogens with one attached hydrogen (secondary N) is 2. The Morgan fingerprint density at radius 2 is 1.86 bits per heavy atom. The van der Waals surface area contributed by atoms with Gasteiger partial charge in [0.15, 0.2) is 0 Å². The second-order valence-electron chi connectivity index (χ2n) is 4.37. The van der Waals surface area contributed by atoms with E-state index in [2.05, 4.69) is 10.3 Å². The number of carbonyl (C=O) groups excluding carboxylic acids is 1. The van der Waals surface area contributed by atoms with Crippen molar-refractivity contribution in [2.24, 2.45) is 0 Å². The van der Waals surface area contributed by atoms with Crippen LogP contribution in [-0.2, 0) is 17.8 Å². The van der Waals surface area contributed by atoms with Crippen molar-refractivity contribution in [3.05, 3.63) is 57.3 Å². The van der Waals surface area contributed by atoms with Gasteiger partial charge in [-0.1, -0.05) is 47.5 Å². The predicted molar refractivity (Wildman–Crippen MR) is 79.8 cm³/mol. The molecule has 2 aromatic rings. The molecule has 21 heavy (non-hydrogen) atoms. The number of hydrogen-bond acceptors (Lipinski definition) is 2. The van der Waals surface area contributed by atoms with Crippen molar-refractivity contribution in [1.29, 1.82) is 0 Å². The van der Waals surface area contributed by atoms with E-state index in [0.717, 1.165) is 5.56 Å². The van der Waals surface area contributed by atoms with Crippen LogP contribution in [0.1, 0.15) is 21.6 Å². The van der Waals surface area contributed by atoms with Crippen molar-refractivity contribution in [1.82, 2.24) is 10.3 Å². The minimum absolute atomic E-state index is 0.0911. The van der Waals surface area contributed by atoms with E-state index in [1.807, 2.05) is 0 Å². The first-order valence-corrected chi connectivity index (χ1v) is 6.83. The van der Waals surface area contributed by atoms with Gasteiger partial charge >= 0.3 is 5.97 Å². The van der Waals surface area contributed by atoms with Crippen LogP contribution >= 0.6 is 23.2 Å². The predicted octanol–water partition coefficient (Wildman–Crippen LogP) is 2.88. The Hall–Kier alpha value is -1.98. The third kappa shape index (κ3) is 4.00. The largest absolute Gasteiger partial charge is 0.481 e. The molecule has 0 bridgehead atoms. The van der Waals surface area contributed by atoms with Gasteiger partial charge in [-0.25, -0.2) is 0 Å². The Morgan fingerprint density at radius 3 is 2.43 bits per heavy atom. The van der Waals surface area contributed by atoms with Crippen molar-refractivity contribution >= 4 is 35.1 Å². The molecule has 1 amide bonds. The minimum Gasteiger partial charge on any atom is -0.481 e. The van der Waals surface area contributed by atoms with E-state index < -0.39 is 5.97 Å². The van der Waals surface area contributed by atoms with E-state index in [9.17, 15) is 9.59 Å². The maximum absolute atomic E-state index is 11.9. The number of carboxylic acids is 1. The number of aromatic amines is 1. The summed E-state index contributed by atoms with van der Waals surface area (Å²) in [6.07, 6.45) is -0.0911. The zero-order chi connectivity index (χ0) is 15.4. The number of aromatic nitrogens is 1. The molecule has 0 saturated heterocycles. The molecule has 0 spiro atoms. The zero-order valence-electron chi connectivity index (χ0n) is 10.8. The zero-order valence-corrected chi connectivity index (χ0v) is 12.3. The van der Waals surface area contributed by atoms with Gasteiger partial charge < -0.3 is 15.4 Å². The van der Waals surface area contributed by atoms with Crippen LogP contribution < -0.4 is 5.32 Å². The van der Waals surface area contributed by atoms with Gasteiger partial charge in [-0.2, -0.15) is 0 Å². The number of carboxylic acid groups (broad SMARTS) is 1. The fourth-order valence-corrected chi connectivity index (χ4v) is 2.18. The first kappa shape index (κ1) is 15.4. The first-order valence-electron chi connectivity index (χ1n) is 6.08. The van der Waals surface area contributed by atoms with Crippen molar-refractivity contribution in [2.75, 3.05) is 0 Å². The molecule has 1 aromatic carbocycles. The number of benzene rings is 1. The highest BCUT2D eigenvalue weighted by atomic mass is 35.5. The van der Waals surface area contributed by atoms with Gasteiger partial charge in [0.2, 0.25) is 0 Å². The monoisotopic (exact) mass is 326 g/mol. The molecule has 7 heteroatoms. The lowest BCUT2D eigenvalue weighted by Gasteiger charge is -2.08. The average molecular weight is 327 g/mol. The van der Waals surface area contributed by atoms with Crippen LogP contribution in [0.25, 0.3) is 0 Å². The van der Waals surface area contributed by atoms with Crippen LogP contribution in [0, 0.1) is 0 Å². The number of carbonyl (C=O) groups is 2. The standard InChI is InChI=1S/C14H12Cl2N2O3/c15-10-6-11(18-13(10)16)14(21)17-7-9-4-2-1-3-8(9)5-12(19)20/h1-4,6,18H,5,7H2,(H,17,21)(H,19,20). The summed E-state index contributed by atoms with van der Waals surface area (Å²) in [7, 11) is 0. The number of rotatable bonds is 5. The van der Waals surface area contributed by atoms with Gasteiger partial charge in [0, 0.05) is 6.54 Å². The smallest absolute Gasteiger partial charge is 0.307 e. The van der Waals surface area contributed by atoms with E-state index in [-0.39, 0.29) is 34.7 Å². The quantitative estimate of drug-likeness (QED) is 0.790. The van der Waals surface area contributed by atoms with Crippen LogP contribution in [0.4, 0.5) is 0 Å². The van der Waals surface area contributed by atoms with E-state index in [1.54, 1.807) is 24.3 Å². The van der Waals surface area contributed by atoms with Gasteiger partial charge in [-0.3, -0.25) is 9.59 Å². The van der Waals surface area contributed by atoms with Crippen LogP contribution in [0.15, 0.2) is 30.3 Å². The molecular formula is C14H12Cl2N2O3. The highest BCUT2D eigenvalue weighted by Gasteiger charge is 2.12. The number of halogens is 2. The van der Waals surface area contributed by atoms with E-state index in [0.29, 0.717) is 5.56 Å². The Labute approximate surface area is 130 Å². The molecule has 0 aliphatic rings. The maximum Gasteiger partial charge on any atom is 0.307 e. The summed E-state index contributed by atoms with van der Waals surface area (Å²) < 4.78 is 0. The molecule has 0 aliphatic carbocycles. The molecule has 1 aromatic heterocycles. The molecule has 5 nitrogen and oxygen atoms in total. The van der Waals surface area contributed by atoms with Crippen molar-refractivity contribution in [3.63, 3.8) is 0 Å². The molecule has 1 heterocycles. The second kappa shape index (κ2) is 6.65. The van der Waals surface area contributed by atoms with Crippen molar-refractivity contribution in [3.8, 4) is 0 Å². The topological polar surface area (TPSA) is 82.2 Å². The maximum atomic E-state index is 11.9. The summed E-state index contributed by atoms with van der Waals surface area (Å²) in [5.74, 6) is -1.29. The summed E-state index contributed by atoms with van der Waals surface area (Å²) in [5.41, 5.74) is 1.66. The molecule has 0 aliphatic heterocycles. The van der Waals surface area contributed by atoms with E-state index >= 15 is 0 Å². The summed E-state index contributed by atoms with van der Waals surface area (Å²) in [5, 5.41) is 12.0. The lowest BCUT2D eigenvalue weighted by molar-refractivity contribution is -0.136. The third-order valence-corrected chi connectivity index (χ3v) is 3.56. The minimum atomic E-state index is -0.920. The Balaban J connectivity index is 2.06. The fraction of sp³-hybridized carbons (Fsp3) is 0.143. The van der Waals surface area contributed by atoms with Crippen LogP contribution in [-0.4, -0.2) is 22.0 Å². The van der Waals surface area contributed by atoms with Gasteiger partial charge in [-0.05, 0) is 17.2 Å². The molecule has 0 atom stereocenters. The SMILES string of the molecule is O=C(O)Cc1ccccc1CNC(=O)c1cc(Cl)c(Cl)[nH]1. The molecule has 0 fully saturated rings. The van der Waals surface area contributed by atoms with Gasteiger partial charge in [0.05, 0.1) is 11.4 Å². The molecule has 3 N–H and O–H groups in total. The van der Waals surface area contributed by atoms with Crippen molar-refractivity contribution in [2.45, 2.75) is 13.0 Å². The Kier molecular flexibility index (Phi) is 4.88. The van der Waals surface area contributed by atoms with Crippen LogP contribution in [0.2, 0.25) is 10.2 Å². The summed E-state index contributed by atoms with van der Waals surface area (Å²) >= 11 is 11.5. The first-order chi connectivity index (χ1) is 9.97. The number of hydrogen-bond donors (Lipinski definition) is 3. The number of amides is 1. The third-order valence-electron chi connectivity index (χ3n) is 2.87. The summed E-state index contributed by atoms with van der Waals surface area (Å²) in [6, 6.07) is 8.47. The second-order valence-corrected chi connectivity index (χ2v) is 5.15. The molecule has 0 radical (unpaired) electrons. The number of H-pyrrole nitrogens is 1. The van der Waals surface area contributed by atoms with Crippen LogP contribution in [0.3, 0.4) is 0 Å². The molecular weight excluding hydrogens is 315 g/mol. The summed E-state index contributed by atoms with van der Waals surface area (Å²) in [6.45, 7) is 0.219. The lowest BCUT2D eigenvalue weighted by Crippen LogP contribution is -2.24. The van der Waals surface area contributed by atoms with E-state index in [1.165, 1.54) is 6.07 Å². The molecule has 2 rings (SSSR count). The normalized spacial score (nSPS) is 10.4. The highest BCUT2D eigenvalue weighted by molar-refractivity contribution is 6.41. The molecule has 0 saturated carbocycles. The van der Waals surface area contributed by atoms with Crippen molar-refractivity contribution < 1.29 is 14.7 Å². The highest BCUT2D eigenvalue weighted by Crippen LogP contribution is 2.21. The van der Waals surface area contributed by atoms with Gasteiger partial charge in [0.1, 0.15) is 10.8 Å². The number of aliphatic carboxylic acids is 1. The summed E-state index contributed by atoms with van der Waals surface area (Å²) in [4.78, 5) is 25.4. The van der Waals surface area contributed by atoms with Gasteiger partial charge in [0.25, 0.3) is 5.91 Å². The molecule has 110 valence electrons. The fourth-order valence-electron chi connectivity index (χ4n) is 1.86.